The van der Waals surface area contributed by atoms with Crippen molar-refractivity contribution < 1.29 is 5.11 Å². The third kappa shape index (κ3) is 3.56. The van der Waals surface area contributed by atoms with Gasteiger partial charge in [-0.1, -0.05) is 30.7 Å². The fraction of sp³-hybridized carbons (Fsp3) is 0.625. The molecular formula is C16H25NO. The van der Waals surface area contributed by atoms with Gasteiger partial charge < -0.3 is 10.0 Å². The van der Waals surface area contributed by atoms with Crippen LogP contribution >= 0.6 is 0 Å². The average Bonchev–Trinajstić information content (AvgIpc) is 2.31. The predicted octanol–water partition coefficient (Wildman–Crippen LogP) is 3.15. The molecule has 0 heterocycles. The highest BCUT2D eigenvalue weighted by Gasteiger charge is 2.19. The first kappa shape index (κ1) is 13.6. The van der Waals surface area contributed by atoms with Gasteiger partial charge in [0.2, 0.25) is 0 Å². The number of hydrogen-bond donors (Lipinski definition) is 1. The minimum atomic E-state index is -0.324. The van der Waals surface area contributed by atoms with Crippen LogP contribution in [0.2, 0.25) is 0 Å². The molecule has 0 bridgehead atoms. The molecule has 1 N–H and O–H groups in total. The van der Waals surface area contributed by atoms with Gasteiger partial charge in [0.05, 0.1) is 6.10 Å². The Hall–Kier alpha value is -0.860. The SMILES string of the molecule is Cc1ccccc1C(O)CCN(C)CC1CCC1. The van der Waals surface area contributed by atoms with Gasteiger partial charge in [-0.25, -0.2) is 0 Å². The summed E-state index contributed by atoms with van der Waals surface area (Å²) >= 11 is 0. The van der Waals surface area contributed by atoms with Crippen molar-refractivity contribution in [3.8, 4) is 0 Å². The largest absolute Gasteiger partial charge is 0.388 e. The van der Waals surface area contributed by atoms with Crippen LogP contribution < -0.4 is 0 Å². The summed E-state index contributed by atoms with van der Waals surface area (Å²) in [7, 11) is 2.17. The molecule has 2 nitrogen and oxygen atoms in total. The number of nitrogens with zero attached hydrogens (tertiary/aromatic N) is 1. The van der Waals surface area contributed by atoms with Gasteiger partial charge in [0.15, 0.2) is 0 Å². The molecule has 2 rings (SSSR count). The maximum atomic E-state index is 10.2. The molecule has 0 aromatic heterocycles. The van der Waals surface area contributed by atoms with Crippen LogP contribution in [-0.4, -0.2) is 30.1 Å². The summed E-state index contributed by atoms with van der Waals surface area (Å²) in [6.45, 7) is 4.24. The van der Waals surface area contributed by atoms with E-state index in [-0.39, 0.29) is 6.10 Å². The minimum absolute atomic E-state index is 0.324. The van der Waals surface area contributed by atoms with Crippen LogP contribution in [0.1, 0.15) is 42.9 Å². The number of rotatable bonds is 6. The molecule has 1 aromatic rings. The fourth-order valence-corrected chi connectivity index (χ4v) is 2.67. The van der Waals surface area contributed by atoms with Crippen LogP contribution in [0.3, 0.4) is 0 Å². The van der Waals surface area contributed by atoms with E-state index in [1.54, 1.807) is 0 Å². The zero-order valence-electron chi connectivity index (χ0n) is 11.6. The van der Waals surface area contributed by atoms with Gasteiger partial charge in [0.1, 0.15) is 0 Å². The molecule has 0 amide bonds. The fourth-order valence-electron chi connectivity index (χ4n) is 2.67. The van der Waals surface area contributed by atoms with Crippen LogP contribution in [0.5, 0.6) is 0 Å². The summed E-state index contributed by atoms with van der Waals surface area (Å²) in [6, 6.07) is 8.13. The van der Waals surface area contributed by atoms with E-state index in [9.17, 15) is 5.11 Å². The first-order valence-electron chi connectivity index (χ1n) is 7.09. The highest BCUT2D eigenvalue weighted by atomic mass is 16.3. The van der Waals surface area contributed by atoms with Crippen molar-refractivity contribution >= 4 is 0 Å². The van der Waals surface area contributed by atoms with Gasteiger partial charge >= 0.3 is 0 Å². The molecule has 0 spiro atoms. The number of aryl methyl sites for hydroxylation is 1. The second kappa shape index (κ2) is 6.35. The van der Waals surface area contributed by atoms with E-state index in [1.165, 1.54) is 31.4 Å². The molecule has 1 aliphatic rings. The molecule has 1 atom stereocenters. The second-order valence-corrected chi connectivity index (χ2v) is 5.72. The van der Waals surface area contributed by atoms with Crippen molar-refractivity contribution in [2.24, 2.45) is 5.92 Å². The molecule has 0 aliphatic heterocycles. The molecule has 2 heteroatoms. The van der Waals surface area contributed by atoms with Gasteiger partial charge in [0.25, 0.3) is 0 Å². The quantitative estimate of drug-likeness (QED) is 0.834. The molecule has 1 aromatic carbocycles. The van der Waals surface area contributed by atoms with E-state index in [1.807, 2.05) is 18.2 Å². The molecule has 0 saturated heterocycles. The molecule has 1 aliphatic carbocycles. The summed E-state index contributed by atoms with van der Waals surface area (Å²) in [5.41, 5.74) is 2.26. The number of aliphatic hydroxyl groups is 1. The second-order valence-electron chi connectivity index (χ2n) is 5.72. The summed E-state index contributed by atoms with van der Waals surface area (Å²) in [5.74, 6) is 0.908. The van der Waals surface area contributed by atoms with Gasteiger partial charge in [-0.05, 0) is 50.3 Å². The Morgan fingerprint density at radius 1 is 1.33 bits per heavy atom. The summed E-state index contributed by atoms with van der Waals surface area (Å²) in [4.78, 5) is 2.37. The van der Waals surface area contributed by atoms with Crippen molar-refractivity contribution in [2.45, 2.75) is 38.7 Å². The Labute approximate surface area is 111 Å². The van der Waals surface area contributed by atoms with E-state index < -0.39 is 0 Å². The van der Waals surface area contributed by atoms with Crippen LogP contribution in [0.25, 0.3) is 0 Å². The van der Waals surface area contributed by atoms with E-state index in [0.29, 0.717) is 0 Å². The Balaban J connectivity index is 1.77. The lowest BCUT2D eigenvalue weighted by Crippen LogP contribution is -2.30. The Kier molecular flexibility index (Phi) is 4.79. The van der Waals surface area contributed by atoms with Gasteiger partial charge in [-0.2, -0.15) is 0 Å². The van der Waals surface area contributed by atoms with Crippen LogP contribution in [0, 0.1) is 12.8 Å². The minimum Gasteiger partial charge on any atom is -0.388 e. The predicted molar refractivity (Wildman–Crippen MR) is 75.6 cm³/mol. The zero-order chi connectivity index (χ0) is 13.0. The van der Waals surface area contributed by atoms with Crippen LogP contribution in [0.4, 0.5) is 0 Å². The number of benzene rings is 1. The highest BCUT2D eigenvalue weighted by Crippen LogP contribution is 2.27. The molecular weight excluding hydrogens is 222 g/mol. The molecule has 1 saturated carbocycles. The number of aliphatic hydroxyl groups excluding tert-OH is 1. The topological polar surface area (TPSA) is 23.5 Å². The smallest absolute Gasteiger partial charge is 0.0804 e. The van der Waals surface area contributed by atoms with Crippen molar-refractivity contribution in [3.63, 3.8) is 0 Å². The molecule has 100 valence electrons. The molecule has 1 fully saturated rings. The Morgan fingerprint density at radius 2 is 2.06 bits per heavy atom. The maximum Gasteiger partial charge on any atom is 0.0804 e. The Morgan fingerprint density at radius 3 is 2.67 bits per heavy atom. The third-order valence-corrected chi connectivity index (χ3v) is 4.13. The van der Waals surface area contributed by atoms with Crippen LogP contribution in [0.15, 0.2) is 24.3 Å². The molecule has 18 heavy (non-hydrogen) atoms. The van der Waals surface area contributed by atoms with Gasteiger partial charge in [-0.3, -0.25) is 0 Å². The summed E-state index contributed by atoms with van der Waals surface area (Å²) < 4.78 is 0. The van der Waals surface area contributed by atoms with E-state index in [2.05, 4.69) is 24.9 Å². The zero-order valence-corrected chi connectivity index (χ0v) is 11.6. The lowest BCUT2D eigenvalue weighted by Gasteiger charge is -2.30. The average molecular weight is 247 g/mol. The first-order valence-corrected chi connectivity index (χ1v) is 7.09. The monoisotopic (exact) mass is 247 g/mol. The van der Waals surface area contributed by atoms with Crippen molar-refractivity contribution in [1.82, 2.24) is 4.90 Å². The standard InChI is InChI=1S/C16H25NO/c1-13-6-3-4-9-15(13)16(18)10-11-17(2)12-14-7-5-8-14/h3-4,6,9,14,16,18H,5,7-8,10-12H2,1-2H3. The molecule has 0 radical (unpaired) electrons. The van der Waals surface area contributed by atoms with E-state index >= 15 is 0 Å². The van der Waals surface area contributed by atoms with Crippen molar-refractivity contribution in [2.75, 3.05) is 20.1 Å². The van der Waals surface area contributed by atoms with Gasteiger partial charge in [0, 0.05) is 13.1 Å². The third-order valence-electron chi connectivity index (χ3n) is 4.13. The maximum absolute atomic E-state index is 10.2. The highest BCUT2D eigenvalue weighted by molar-refractivity contribution is 5.27. The molecule has 1 unspecified atom stereocenters. The van der Waals surface area contributed by atoms with E-state index in [4.69, 9.17) is 0 Å². The van der Waals surface area contributed by atoms with Gasteiger partial charge in [-0.15, -0.1) is 0 Å². The lowest BCUT2D eigenvalue weighted by atomic mass is 9.85. The van der Waals surface area contributed by atoms with E-state index in [0.717, 1.165) is 24.4 Å². The first-order chi connectivity index (χ1) is 8.66. The normalized spacial score (nSPS) is 17.8. The van der Waals surface area contributed by atoms with Crippen molar-refractivity contribution in [1.29, 1.82) is 0 Å². The number of hydrogen-bond acceptors (Lipinski definition) is 2. The summed E-state index contributed by atoms with van der Waals surface area (Å²) in [6.07, 6.45) is 4.70. The van der Waals surface area contributed by atoms with Crippen LogP contribution in [-0.2, 0) is 0 Å². The Bertz CT molecular complexity index is 373. The lowest BCUT2D eigenvalue weighted by molar-refractivity contribution is 0.135. The summed E-state index contributed by atoms with van der Waals surface area (Å²) in [5, 5.41) is 10.2. The van der Waals surface area contributed by atoms with Crippen molar-refractivity contribution in [3.05, 3.63) is 35.4 Å².